The molecule has 0 radical (unpaired) electrons. The molecule has 1 aromatic rings. The quantitative estimate of drug-likeness (QED) is 0.767. The number of aryl methyl sites for hydroxylation is 1. The van der Waals surface area contributed by atoms with E-state index in [2.05, 4.69) is 5.32 Å². The van der Waals surface area contributed by atoms with Gasteiger partial charge in [0.15, 0.2) is 0 Å². The van der Waals surface area contributed by atoms with Gasteiger partial charge in [0.2, 0.25) is 0 Å². The SMILES string of the molecule is Cc1ccc(C(=O)NCCF)s1. The molecule has 1 rings (SSSR count). The van der Waals surface area contributed by atoms with Crippen LogP contribution in [0.25, 0.3) is 0 Å². The van der Waals surface area contributed by atoms with Crippen LogP contribution < -0.4 is 5.32 Å². The highest BCUT2D eigenvalue weighted by molar-refractivity contribution is 7.13. The summed E-state index contributed by atoms with van der Waals surface area (Å²) in [6.07, 6.45) is 0. The normalized spacial score (nSPS) is 9.83. The van der Waals surface area contributed by atoms with Gasteiger partial charge in [-0.3, -0.25) is 4.79 Å². The number of hydrogen-bond acceptors (Lipinski definition) is 2. The van der Waals surface area contributed by atoms with Crippen molar-refractivity contribution < 1.29 is 9.18 Å². The number of nitrogens with one attached hydrogen (secondary N) is 1. The summed E-state index contributed by atoms with van der Waals surface area (Å²) in [5.74, 6) is -0.189. The topological polar surface area (TPSA) is 29.1 Å². The van der Waals surface area contributed by atoms with E-state index in [1.165, 1.54) is 11.3 Å². The number of thiophene rings is 1. The third-order valence-corrected chi connectivity index (χ3v) is 2.34. The summed E-state index contributed by atoms with van der Waals surface area (Å²) in [4.78, 5) is 12.9. The Kier molecular flexibility index (Phi) is 3.22. The van der Waals surface area contributed by atoms with Crippen molar-refractivity contribution in [2.24, 2.45) is 0 Å². The fourth-order valence-corrected chi connectivity index (χ4v) is 1.59. The molecule has 0 unspecified atom stereocenters. The molecule has 12 heavy (non-hydrogen) atoms. The van der Waals surface area contributed by atoms with Gasteiger partial charge >= 0.3 is 0 Å². The predicted octanol–water partition coefficient (Wildman–Crippen LogP) is 1.76. The molecule has 0 bridgehead atoms. The molecule has 0 aliphatic heterocycles. The van der Waals surface area contributed by atoms with Crippen LogP contribution in [-0.4, -0.2) is 19.1 Å². The molecule has 1 heterocycles. The van der Waals surface area contributed by atoms with E-state index in [4.69, 9.17) is 0 Å². The van der Waals surface area contributed by atoms with Gasteiger partial charge in [0, 0.05) is 11.4 Å². The van der Waals surface area contributed by atoms with Crippen molar-refractivity contribution in [2.75, 3.05) is 13.2 Å². The Morgan fingerprint density at radius 1 is 1.67 bits per heavy atom. The first-order valence-electron chi connectivity index (χ1n) is 3.64. The van der Waals surface area contributed by atoms with Crippen molar-refractivity contribution in [3.63, 3.8) is 0 Å². The van der Waals surface area contributed by atoms with Gasteiger partial charge < -0.3 is 5.32 Å². The third kappa shape index (κ3) is 2.30. The lowest BCUT2D eigenvalue weighted by atomic mass is 10.4. The van der Waals surface area contributed by atoms with E-state index in [9.17, 15) is 9.18 Å². The van der Waals surface area contributed by atoms with Gasteiger partial charge in [0.05, 0.1) is 4.88 Å². The summed E-state index contributed by atoms with van der Waals surface area (Å²) in [5, 5.41) is 2.46. The summed E-state index contributed by atoms with van der Waals surface area (Å²) in [5.41, 5.74) is 0. The van der Waals surface area contributed by atoms with Crippen LogP contribution in [-0.2, 0) is 0 Å². The smallest absolute Gasteiger partial charge is 0.261 e. The van der Waals surface area contributed by atoms with E-state index in [0.29, 0.717) is 4.88 Å². The minimum Gasteiger partial charge on any atom is -0.349 e. The molecule has 0 aliphatic rings. The van der Waals surface area contributed by atoms with Crippen molar-refractivity contribution >= 4 is 17.2 Å². The number of carbonyl (C=O) groups excluding carboxylic acids is 1. The summed E-state index contributed by atoms with van der Waals surface area (Å²) >= 11 is 1.41. The lowest BCUT2D eigenvalue weighted by Gasteiger charge is -1.97. The molecule has 66 valence electrons. The van der Waals surface area contributed by atoms with Crippen molar-refractivity contribution in [3.05, 3.63) is 21.9 Å². The standard InChI is InChI=1S/C8H10FNOS/c1-6-2-3-7(12-6)8(11)10-5-4-9/h2-3H,4-5H2,1H3,(H,10,11). The molecule has 1 amide bonds. The highest BCUT2D eigenvalue weighted by atomic mass is 32.1. The first-order chi connectivity index (χ1) is 5.74. The molecule has 1 aromatic heterocycles. The summed E-state index contributed by atoms with van der Waals surface area (Å²) in [7, 11) is 0. The van der Waals surface area contributed by atoms with E-state index in [-0.39, 0.29) is 12.5 Å². The van der Waals surface area contributed by atoms with Crippen LogP contribution in [0.2, 0.25) is 0 Å². The Morgan fingerprint density at radius 3 is 2.92 bits per heavy atom. The van der Waals surface area contributed by atoms with Gasteiger partial charge in [0.25, 0.3) is 5.91 Å². The molecule has 0 fully saturated rings. The van der Waals surface area contributed by atoms with Crippen LogP contribution in [0.5, 0.6) is 0 Å². The maximum atomic E-state index is 11.7. The van der Waals surface area contributed by atoms with Crippen molar-refractivity contribution in [1.82, 2.24) is 5.32 Å². The van der Waals surface area contributed by atoms with Gasteiger partial charge in [0.1, 0.15) is 6.67 Å². The zero-order chi connectivity index (χ0) is 8.97. The predicted molar refractivity (Wildman–Crippen MR) is 47.4 cm³/mol. The zero-order valence-electron chi connectivity index (χ0n) is 6.76. The number of hydrogen-bond donors (Lipinski definition) is 1. The molecular formula is C8H10FNOS. The van der Waals surface area contributed by atoms with Gasteiger partial charge in [-0.2, -0.15) is 0 Å². The number of carbonyl (C=O) groups is 1. The first-order valence-corrected chi connectivity index (χ1v) is 4.46. The number of amides is 1. The Balaban J connectivity index is 2.53. The Morgan fingerprint density at radius 2 is 2.42 bits per heavy atom. The molecule has 0 aliphatic carbocycles. The molecule has 0 spiro atoms. The van der Waals surface area contributed by atoms with E-state index in [1.54, 1.807) is 6.07 Å². The Labute approximate surface area is 74.4 Å². The van der Waals surface area contributed by atoms with Crippen molar-refractivity contribution in [1.29, 1.82) is 0 Å². The van der Waals surface area contributed by atoms with Crippen LogP contribution in [0.15, 0.2) is 12.1 Å². The molecule has 1 N–H and O–H groups in total. The Hall–Kier alpha value is -0.900. The molecule has 0 saturated carbocycles. The highest BCUT2D eigenvalue weighted by Crippen LogP contribution is 2.14. The molecule has 0 aromatic carbocycles. The second-order valence-electron chi connectivity index (χ2n) is 2.36. The molecule has 4 heteroatoms. The lowest BCUT2D eigenvalue weighted by Crippen LogP contribution is -2.24. The van der Waals surface area contributed by atoms with Crippen molar-refractivity contribution in [3.8, 4) is 0 Å². The van der Waals surface area contributed by atoms with Crippen LogP contribution in [0, 0.1) is 6.92 Å². The van der Waals surface area contributed by atoms with Crippen LogP contribution in [0.3, 0.4) is 0 Å². The van der Waals surface area contributed by atoms with Crippen LogP contribution >= 0.6 is 11.3 Å². The fraction of sp³-hybridized carbons (Fsp3) is 0.375. The van der Waals surface area contributed by atoms with Gasteiger partial charge in [-0.05, 0) is 19.1 Å². The fourth-order valence-electron chi connectivity index (χ4n) is 0.804. The summed E-state index contributed by atoms with van der Waals surface area (Å²) in [6.45, 7) is 1.50. The maximum absolute atomic E-state index is 11.7. The third-order valence-electron chi connectivity index (χ3n) is 1.34. The summed E-state index contributed by atoms with van der Waals surface area (Å²) < 4.78 is 11.7. The number of rotatable bonds is 3. The van der Waals surface area contributed by atoms with Crippen LogP contribution in [0.4, 0.5) is 4.39 Å². The van der Waals surface area contributed by atoms with E-state index >= 15 is 0 Å². The first kappa shape index (κ1) is 9.19. The minimum atomic E-state index is -0.518. The van der Waals surface area contributed by atoms with Crippen molar-refractivity contribution in [2.45, 2.75) is 6.92 Å². The van der Waals surface area contributed by atoms with E-state index < -0.39 is 6.67 Å². The van der Waals surface area contributed by atoms with Gasteiger partial charge in [-0.1, -0.05) is 0 Å². The molecule has 0 atom stereocenters. The second kappa shape index (κ2) is 4.21. The molecule has 0 saturated heterocycles. The number of halogens is 1. The monoisotopic (exact) mass is 187 g/mol. The minimum absolute atomic E-state index is 0.0930. The second-order valence-corrected chi connectivity index (χ2v) is 3.64. The summed E-state index contributed by atoms with van der Waals surface area (Å²) in [6, 6.07) is 3.61. The number of alkyl halides is 1. The van der Waals surface area contributed by atoms with E-state index in [1.807, 2.05) is 13.0 Å². The molecule has 2 nitrogen and oxygen atoms in total. The Bertz CT molecular complexity index is 272. The zero-order valence-corrected chi connectivity index (χ0v) is 7.58. The van der Waals surface area contributed by atoms with E-state index in [0.717, 1.165) is 4.88 Å². The van der Waals surface area contributed by atoms with Gasteiger partial charge in [-0.15, -0.1) is 11.3 Å². The average Bonchev–Trinajstić information content (AvgIpc) is 2.47. The maximum Gasteiger partial charge on any atom is 0.261 e. The highest BCUT2D eigenvalue weighted by Gasteiger charge is 2.05. The lowest BCUT2D eigenvalue weighted by molar-refractivity contribution is 0.0955. The van der Waals surface area contributed by atoms with Gasteiger partial charge in [-0.25, -0.2) is 4.39 Å². The largest absolute Gasteiger partial charge is 0.349 e. The molecular weight excluding hydrogens is 177 g/mol. The average molecular weight is 187 g/mol. The van der Waals surface area contributed by atoms with Crippen LogP contribution in [0.1, 0.15) is 14.5 Å².